The summed E-state index contributed by atoms with van der Waals surface area (Å²) in [6.07, 6.45) is 1.81. The van der Waals surface area contributed by atoms with Crippen LogP contribution in [0.5, 0.6) is 5.75 Å². The highest BCUT2D eigenvalue weighted by molar-refractivity contribution is 5.37. The SMILES string of the molecule is CCCC(C)(O)c1ccccc1OC(C)C. The number of hydrogen-bond donors (Lipinski definition) is 1. The van der Waals surface area contributed by atoms with Gasteiger partial charge in [0.2, 0.25) is 0 Å². The largest absolute Gasteiger partial charge is 0.491 e. The molecule has 0 heterocycles. The van der Waals surface area contributed by atoms with E-state index >= 15 is 0 Å². The smallest absolute Gasteiger partial charge is 0.125 e. The molecule has 1 aromatic rings. The molecule has 0 saturated heterocycles. The van der Waals surface area contributed by atoms with Crippen LogP contribution in [0.3, 0.4) is 0 Å². The maximum Gasteiger partial charge on any atom is 0.125 e. The lowest BCUT2D eigenvalue weighted by atomic mass is 9.90. The van der Waals surface area contributed by atoms with E-state index < -0.39 is 5.60 Å². The van der Waals surface area contributed by atoms with Crippen LogP contribution in [0.25, 0.3) is 0 Å². The fourth-order valence-corrected chi connectivity index (χ4v) is 1.89. The van der Waals surface area contributed by atoms with E-state index in [1.165, 1.54) is 0 Å². The molecule has 1 aromatic carbocycles. The van der Waals surface area contributed by atoms with Crippen LogP contribution in [0, 0.1) is 0 Å². The van der Waals surface area contributed by atoms with Crippen molar-refractivity contribution in [3.05, 3.63) is 29.8 Å². The predicted molar refractivity (Wildman–Crippen MR) is 66.7 cm³/mol. The number of aliphatic hydroxyl groups is 1. The molecular formula is C14H22O2. The van der Waals surface area contributed by atoms with Crippen molar-refractivity contribution in [3.63, 3.8) is 0 Å². The van der Waals surface area contributed by atoms with Gasteiger partial charge in [0.25, 0.3) is 0 Å². The standard InChI is InChI=1S/C14H22O2/c1-5-10-14(4,15)12-8-6-7-9-13(12)16-11(2)3/h6-9,11,15H,5,10H2,1-4H3. The maximum atomic E-state index is 10.4. The first-order valence-electron chi connectivity index (χ1n) is 5.96. The highest BCUT2D eigenvalue weighted by Gasteiger charge is 2.25. The first-order chi connectivity index (χ1) is 7.47. The van der Waals surface area contributed by atoms with E-state index in [-0.39, 0.29) is 6.10 Å². The zero-order chi connectivity index (χ0) is 12.2. The van der Waals surface area contributed by atoms with E-state index in [2.05, 4.69) is 6.92 Å². The van der Waals surface area contributed by atoms with Crippen LogP contribution in [0.2, 0.25) is 0 Å². The van der Waals surface area contributed by atoms with Gasteiger partial charge in [-0.15, -0.1) is 0 Å². The minimum atomic E-state index is -0.805. The van der Waals surface area contributed by atoms with Gasteiger partial charge in [-0.2, -0.15) is 0 Å². The maximum absolute atomic E-state index is 10.4. The molecule has 0 amide bonds. The van der Waals surface area contributed by atoms with Gasteiger partial charge >= 0.3 is 0 Å². The predicted octanol–water partition coefficient (Wildman–Crippen LogP) is 3.48. The summed E-state index contributed by atoms with van der Waals surface area (Å²) in [5.41, 5.74) is 0.0748. The fraction of sp³-hybridized carbons (Fsp3) is 0.571. The Balaban J connectivity index is 3.02. The molecule has 1 N–H and O–H groups in total. The van der Waals surface area contributed by atoms with Crippen LogP contribution in [0.4, 0.5) is 0 Å². The number of hydrogen-bond acceptors (Lipinski definition) is 2. The number of rotatable bonds is 5. The van der Waals surface area contributed by atoms with E-state index in [4.69, 9.17) is 4.74 Å². The monoisotopic (exact) mass is 222 g/mol. The molecule has 0 aliphatic rings. The van der Waals surface area contributed by atoms with Crippen molar-refractivity contribution in [2.45, 2.75) is 52.2 Å². The molecule has 0 aromatic heterocycles. The summed E-state index contributed by atoms with van der Waals surface area (Å²) in [6, 6.07) is 7.72. The molecule has 0 aliphatic heterocycles. The lowest BCUT2D eigenvalue weighted by molar-refractivity contribution is 0.0427. The van der Waals surface area contributed by atoms with Gasteiger partial charge in [-0.25, -0.2) is 0 Å². The molecule has 0 aliphatic carbocycles. The Morgan fingerprint density at radius 3 is 2.50 bits per heavy atom. The number of ether oxygens (including phenoxy) is 1. The van der Waals surface area contributed by atoms with Crippen LogP contribution in [-0.4, -0.2) is 11.2 Å². The molecule has 1 unspecified atom stereocenters. The Hall–Kier alpha value is -1.02. The van der Waals surface area contributed by atoms with E-state index in [0.29, 0.717) is 0 Å². The molecule has 1 rings (SSSR count). The summed E-state index contributed by atoms with van der Waals surface area (Å²) in [4.78, 5) is 0. The van der Waals surface area contributed by atoms with E-state index in [1.54, 1.807) is 0 Å². The molecule has 2 nitrogen and oxygen atoms in total. The molecule has 1 atom stereocenters. The lowest BCUT2D eigenvalue weighted by Gasteiger charge is -2.26. The van der Waals surface area contributed by atoms with Crippen LogP contribution < -0.4 is 4.74 Å². The number of benzene rings is 1. The molecule has 2 heteroatoms. The topological polar surface area (TPSA) is 29.5 Å². The molecule has 16 heavy (non-hydrogen) atoms. The molecule has 0 spiro atoms. The summed E-state index contributed by atoms with van der Waals surface area (Å²) in [5.74, 6) is 0.788. The highest BCUT2D eigenvalue weighted by atomic mass is 16.5. The average Bonchev–Trinajstić information content (AvgIpc) is 2.17. The van der Waals surface area contributed by atoms with E-state index in [9.17, 15) is 5.11 Å². The second-order valence-corrected chi connectivity index (χ2v) is 4.69. The molecule has 0 radical (unpaired) electrons. The molecule has 90 valence electrons. The lowest BCUT2D eigenvalue weighted by Crippen LogP contribution is -2.22. The Bertz CT molecular complexity index is 329. The van der Waals surface area contributed by atoms with Gasteiger partial charge in [0.1, 0.15) is 5.75 Å². The first kappa shape index (κ1) is 13.0. The summed E-state index contributed by atoms with van der Waals surface area (Å²) < 4.78 is 5.72. The van der Waals surface area contributed by atoms with E-state index in [0.717, 1.165) is 24.2 Å². The second-order valence-electron chi connectivity index (χ2n) is 4.69. The second kappa shape index (κ2) is 5.35. The third kappa shape index (κ3) is 3.24. The van der Waals surface area contributed by atoms with Crippen molar-refractivity contribution in [3.8, 4) is 5.75 Å². The first-order valence-corrected chi connectivity index (χ1v) is 5.96. The minimum Gasteiger partial charge on any atom is -0.491 e. The zero-order valence-electron chi connectivity index (χ0n) is 10.7. The third-order valence-electron chi connectivity index (χ3n) is 2.57. The average molecular weight is 222 g/mol. The van der Waals surface area contributed by atoms with Gasteiger partial charge in [0.05, 0.1) is 11.7 Å². The van der Waals surface area contributed by atoms with Crippen LogP contribution >= 0.6 is 0 Å². The van der Waals surface area contributed by atoms with Gasteiger partial charge in [-0.3, -0.25) is 0 Å². The van der Waals surface area contributed by atoms with Crippen molar-refractivity contribution in [2.75, 3.05) is 0 Å². The minimum absolute atomic E-state index is 0.124. The zero-order valence-corrected chi connectivity index (χ0v) is 10.7. The summed E-state index contributed by atoms with van der Waals surface area (Å²) in [6.45, 7) is 7.90. The van der Waals surface area contributed by atoms with Crippen LogP contribution in [-0.2, 0) is 5.60 Å². The Morgan fingerprint density at radius 2 is 1.94 bits per heavy atom. The Kier molecular flexibility index (Phi) is 4.36. The summed E-state index contributed by atoms with van der Waals surface area (Å²) in [7, 11) is 0. The van der Waals surface area contributed by atoms with Crippen molar-refractivity contribution < 1.29 is 9.84 Å². The third-order valence-corrected chi connectivity index (χ3v) is 2.57. The van der Waals surface area contributed by atoms with Gasteiger partial charge < -0.3 is 9.84 Å². The summed E-state index contributed by atoms with van der Waals surface area (Å²) >= 11 is 0. The Morgan fingerprint density at radius 1 is 1.31 bits per heavy atom. The summed E-state index contributed by atoms with van der Waals surface area (Å²) in [5, 5.41) is 10.4. The van der Waals surface area contributed by atoms with Crippen molar-refractivity contribution in [1.29, 1.82) is 0 Å². The normalized spacial score (nSPS) is 14.9. The van der Waals surface area contributed by atoms with Gasteiger partial charge in [0, 0.05) is 5.56 Å². The van der Waals surface area contributed by atoms with Gasteiger partial charge in [-0.1, -0.05) is 31.5 Å². The molecule has 0 saturated carbocycles. The van der Waals surface area contributed by atoms with Gasteiger partial charge in [0.15, 0.2) is 0 Å². The van der Waals surface area contributed by atoms with Crippen molar-refractivity contribution >= 4 is 0 Å². The quantitative estimate of drug-likeness (QED) is 0.826. The number of para-hydroxylation sites is 1. The van der Waals surface area contributed by atoms with Gasteiger partial charge in [-0.05, 0) is 33.3 Å². The Labute approximate surface area is 98.3 Å². The van der Waals surface area contributed by atoms with Crippen molar-refractivity contribution in [1.82, 2.24) is 0 Å². The molecule has 0 bridgehead atoms. The van der Waals surface area contributed by atoms with E-state index in [1.807, 2.05) is 45.0 Å². The fourth-order valence-electron chi connectivity index (χ4n) is 1.89. The van der Waals surface area contributed by atoms with Crippen LogP contribution in [0.15, 0.2) is 24.3 Å². The highest BCUT2D eigenvalue weighted by Crippen LogP contribution is 2.33. The molecular weight excluding hydrogens is 200 g/mol. The van der Waals surface area contributed by atoms with Crippen LogP contribution in [0.1, 0.15) is 46.1 Å². The molecule has 0 fully saturated rings. The van der Waals surface area contributed by atoms with Crippen molar-refractivity contribution in [2.24, 2.45) is 0 Å².